The zero-order chi connectivity index (χ0) is 25.4. The van der Waals surface area contributed by atoms with Gasteiger partial charge in [-0.1, -0.05) is 11.6 Å². The highest BCUT2D eigenvalue weighted by atomic mass is 35.5. The minimum absolute atomic E-state index is 0.0475. The second-order valence-corrected chi connectivity index (χ2v) is 8.06. The molecule has 1 amide bonds. The summed E-state index contributed by atoms with van der Waals surface area (Å²) in [5.41, 5.74) is 6.04. The highest BCUT2D eigenvalue weighted by molar-refractivity contribution is 6.30. The van der Waals surface area contributed by atoms with Gasteiger partial charge in [0.1, 0.15) is 5.75 Å². The summed E-state index contributed by atoms with van der Waals surface area (Å²) >= 11 is 6.07. The smallest absolute Gasteiger partial charge is 0.300 e. The number of carbonyl (C=O) groups is 3. The fourth-order valence-corrected chi connectivity index (χ4v) is 3.08. The average Bonchev–Trinajstić information content (AvgIpc) is 2.92. The van der Waals surface area contributed by atoms with E-state index in [1.54, 1.807) is 18.2 Å². The molecule has 11 heteroatoms. The Labute approximate surface area is 200 Å². The first kappa shape index (κ1) is 30.6. The quantitative estimate of drug-likeness (QED) is 0.489. The van der Waals surface area contributed by atoms with E-state index in [-0.39, 0.29) is 11.8 Å². The maximum Gasteiger partial charge on any atom is 0.300 e. The Bertz CT molecular complexity index is 727. The lowest BCUT2D eigenvalue weighted by Crippen LogP contribution is -2.38. The Balaban J connectivity index is 0.00000111. The van der Waals surface area contributed by atoms with Gasteiger partial charge in [0, 0.05) is 44.4 Å². The van der Waals surface area contributed by atoms with E-state index in [2.05, 4.69) is 4.90 Å². The standard InChI is InChI=1S/C18H28ClN3O3.2C2H4O2/c1-21(2)11-14-12-22(7-9-24-13-14)18(23)16-5-4-15(19)10-17(16)25-8-3-6-20;2*1-2(3)4/h4-5,10,14H,3,6-9,11-13,20H2,1-2H3;2*1H3,(H,3,4). The Hall–Kier alpha value is -2.40. The molecule has 0 aromatic heterocycles. The number of nitrogens with zero attached hydrogens (tertiary/aromatic N) is 2. The predicted molar refractivity (Wildman–Crippen MR) is 126 cm³/mol. The fourth-order valence-electron chi connectivity index (χ4n) is 2.92. The number of ether oxygens (including phenoxy) is 2. The summed E-state index contributed by atoms with van der Waals surface area (Å²) in [5, 5.41) is 15.4. The summed E-state index contributed by atoms with van der Waals surface area (Å²) < 4.78 is 11.4. The molecule has 2 rings (SSSR count). The molecule has 0 aliphatic carbocycles. The molecule has 1 heterocycles. The SMILES string of the molecule is CC(=O)O.CC(=O)O.CN(C)CC1COCCN(C(=O)c2ccc(Cl)cc2OCCCN)C1. The summed E-state index contributed by atoms with van der Waals surface area (Å²) in [6.07, 6.45) is 0.725. The van der Waals surface area contributed by atoms with E-state index >= 15 is 0 Å². The van der Waals surface area contributed by atoms with Crippen molar-refractivity contribution in [2.75, 3.05) is 60.1 Å². The van der Waals surface area contributed by atoms with Gasteiger partial charge < -0.3 is 35.2 Å². The molecule has 33 heavy (non-hydrogen) atoms. The normalized spacial score (nSPS) is 15.4. The van der Waals surface area contributed by atoms with Crippen molar-refractivity contribution >= 4 is 29.4 Å². The molecule has 1 aliphatic heterocycles. The van der Waals surface area contributed by atoms with Crippen molar-refractivity contribution in [2.24, 2.45) is 11.7 Å². The lowest BCUT2D eigenvalue weighted by Gasteiger charge is -2.26. The van der Waals surface area contributed by atoms with Crippen LogP contribution in [0.5, 0.6) is 5.75 Å². The van der Waals surface area contributed by atoms with Crippen molar-refractivity contribution in [2.45, 2.75) is 20.3 Å². The molecule has 1 aromatic rings. The van der Waals surface area contributed by atoms with E-state index in [4.69, 9.17) is 46.6 Å². The third kappa shape index (κ3) is 15.1. The number of carbonyl (C=O) groups excluding carboxylic acids is 1. The Morgan fingerprint density at radius 2 is 1.85 bits per heavy atom. The van der Waals surface area contributed by atoms with Crippen molar-refractivity contribution in [1.29, 1.82) is 0 Å². The number of hydrogen-bond acceptors (Lipinski definition) is 7. The lowest BCUT2D eigenvalue weighted by atomic mass is 10.1. The molecule has 1 fully saturated rings. The van der Waals surface area contributed by atoms with Gasteiger partial charge in [-0.15, -0.1) is 0 Å². The molecule has 1 aliphatic rings. The number of nitrogens with two attached hydrogens (primary N) is 1. The Morgan fingerprint density at radius 1 is 1.24 bits per heavy atom. The molecule has 4 N–H and O–H groups in total. The summed E-state index contributed by atoms with van der Waals surface area (Å²) in [5.74, 6) is -0.913. The van der Waals surface area contributed by atoms with Gasteiger partial charge in [0.05, 0.1) is 25.4 Å². The molecule has 10 nitrogen and oxygen atoms in total. The maximum absolute atomic E-state index is 13.1. The predicted octanol–water partition coefficient (Wildman–Crippen LogP) is 1.90. The molecule has 1 aromatic carbocycles. The largest absolute Gasteiger partial charge is 0.493 e. The third-order valence-corrected chi connectivity index (χ3v) is 4.26. The second kappa shape index (κ2) is 17.1. The van der Waals surface area contributed by atoms with Gasteiger partial charge in [0.25, 0.3) is 17.8 Å². The van der Waals surface area contributed by atoms with Crippen LogP contribution in [0.25, 0.3) is 0 Å². The summed E-state index contributed by atoms with van der Waals surface area (Å²) in [6.45, 7) is 6.51. The Morgan fingerprint density at radius 3 is 2.39 bits per heavy atom. The average molecular weight is 490 g/mol. The molecule has 0 radical (unpaired) electrons. The van der Waals surface area contributed by atoms with Crippen molar-refractivity contribution < 1.29 is 34.1 Å². The first-order valence-corrected chi connectivity index (χ1v) is 10.9. The molecule has 1 saturated heterocycles. The van der Waals surface area contributed by atoms with E-state index < -0.39 is 11.9 Å². The van der Waals surface area contributed by atoms with E-state index in [0.717, 1.165) is 26.8 Å². The molecule has 1 atom stereocenters. The number of aliphatic carboxylic acids is 2. The van der Waals surface area contributed by atoms with Crippen LogP contribution in [0, 0.1) is 5.92 Å². The number of hydrogen-bond donors (Lipinski definition) is 3. The molecule has 0 spiro atoms. The van der Waals surface area contributed by atoms with E-state index in [1.807, 2.05) is 19.0 Å². The van der Waals surface area contributed by atoms with E-state index in [0.29, 0.717) is 55.8 Å². The number of carboxylic acids is 2. The zero-order valence-corrected chi connectivity index (χ0v) is 20.5. The van der Waals surface area contributed by atoms with Crippen molar-refractivity contribution in [3.8, 4) is 5.75 Å². The maximum atomic E-state index is 13.1. The van der Waals surface area contributed by atoms with Crippen molar-refractivity contribution in [3.05, 3.63) is 28.8 Å². The van der Waals surface area contributed by atoms with Crippen molar-refractivity contribution in [1.82, 2.24) is 9.80 Å². The van der Waals surface area contributed by atoms with Crippen LogP contribution in [0.1, 0.15) is 30.6 Å². The molecular weight excluding hydrogens is 454 g/mol. The van der Waals surface area contributed by atoms with Gasteiger partial charge in [-0.2, -0.15) is 0 Å². The topological polar surface area (TPSA) is 143 Å². The number of carboxylic acid groups (broad SMARTS) is 2. The van der Waals surface area contributed by atoms with Crippen LogP contribution in [0.3, 0.4) is 0 Å². The van der Waals surface area contributed by atoms with Crippen LogP contribution in [-0.4, -0.2) is 98.0 Å². The minimum Gasteiger partial charge on any atom is -0.493 e. The molecule has 0 bridgehead atoms. The summed E-state index contributed by atoms with van der Waals surface area (Å²) in [4.78, 5) is 35.0. The number of rotatable bonds is 7. The van der Waals surface area contributed by atoms with Gasteiger partial charge in [0.2, 0.25) is 0 Å². The zero-order valence-electron chi connectivity index (χ0n) is 19.8. The monoisotopic (exact) mass is 489 g/mol. The molecule has 188 valence electrons. The first-order valence-electron chi connectivity index (χ1n) is 10.5. The first-order chi connectivity index (χ1) is 15.5. The number of amides is 1. The molecule has 1 unspecified atom stereocenters. The van der Waals surface area contributed by atoms with Crippen LogP contribution >= 0.6 is 11.6 Å². The Kier molecular flexibility index (Phi) is 15.9. The van der Waals surface area contributed by atoms with Crippen LogP contribution in [0.2, 0.25) is 5.02 Å². The van der Waals surface area contributed by atoms with Crippen LogP contribution in [0.4, 0.5) is 0 Å². The van der Waals surface area contributed by atoms with Crippen LogP contribution in [-0.2, 0) is 14.3 Å². The number of halogens is 1. The molecular formula is C22H36ClN3O7. The van der Waals surface area contributed by atoms with Crippen LogP contribution in [0.15, 0.2) is 18.2 Å². The van der Waals surface area contributed by atoms with Crippen LogP contribution < -0.4 is 10.5 Å². The van der Waals surface area contributed by atoms with Gasteiger partial charge in [-0.25, -0.2) is 0 Å². The summed E-state index contributed by atoms with van der Waals surface area (Å²) in [7, 11) is 4.05. The van der Waals surface area contributed by atoms with Gasteiger partial charge in [-0.05, 0) is 45.3 Å². The molecule has 0 saturated carbocycles. The number of benzene rings is 1. The summed E-state index contributed by atoms with van der Waals surface area (Å²) in [6, 6.07) is 5.14. The minimum atomic E-state index is -0.833. The van der Waals surface area contributed by atoms with Gasteiger partial charge >= 0.3 is 0 Å². The van der Waals surface area contributed by atoms with E-state index in [9.17, 15) is 4.79 Å². The third-order valence-electron chi connectivity index (χ3n) is 4.03. The highest BCUT2D eigenvalue weighted by Crippen LogP contribution is 2.26. The van der Waals surface area contributed by atoms with Gasteiger partial charge in [0.15, 0.2) is 0 Å². The lowest BCUT2D eigenvalue weighted by molar-refractivity contribution is -0.135. The van der Waals surface area contributed by atoms with Gasteiger partial charge in [-0.3, -0.25) is 14.4 Å². The van der Waals surface area contributed by atoms with E-state index in [1.165, 1.54) is 0 Å². The highest BCUT2D eigenvalue weighted by Gasteiger charge is 2.25. The van der Waals surface area contributed by atoms with Crippen molar-refractivity contribution in [3.63, 3.8) is 0 Å². The fraction of sp³-hybridized carbons (Fsp3) is 0.591. The second-order valence-electron chi connectivity index (χ2n) is 7.62.